The molecule has 4 nitrogen and oxygen atoms in total. The van der Waals surface area contributed by atoms with Crippen molar-refractivity contribution in [2.24, 2.45) is 5.73 Å². The van der Waals surface area contributed by atoms with Crippen molar-refractivity contribution in [3.8, 4) is 5.75 Å². The number of hydrogen-bond donors (Lipinski definition) is 2. The summed E-state index contributed by atoms with van der Waals surface area (Å²) in [5, 5.41) is 8.99. The molecule has 0 aliphatic heterocycles. The molecule has 0 spiro atoms. The van der Waals surface area contributed by atoms with Crippen molar-refractivity contribution in [2.75, 3.05) is 7.11 Å². The largest absolute Gasteiger partial charge is 0.503 e. The fourth-order valence-electron chi connectivity index (χ4n) is 1.21. The van der Waals surface area contributed by atoms with Crippen LogP contribution in [-0.2, 0) is 16.0 Å². The lowest BCUT2D eigenvalue weighted by Gasteiger charge is -2.10. The number of aromatic hydroxyl groups is 1. The molecule has 6 heteroatoms. The first-order valence-corrected chi connectivity index (χ1v) is 4.46. The van der Waals surface area contributed by atoms with E-state index in [-0.39, 0.29) is 12.0 Å². The first-order chi connectivity index (χ1) is 7.47. The number of carbonyl (C=O) groups is 1. The number of phenolic OH excluding ortho intramolecular Hbond substituents is 1. The Kier molecular flexibility index (Phi) is 3.78. The molecule has 0 saturated carbocycles. The fourth-order valence-corrected chi connectivity index (χ4v) is 1.21. The molecule has 1 atom stereocenters. The van der Waals surface area contributed by atoms with Gasteiger partial charge < -0.3 is 15.6 Å². The summed E-state index contributed by atoms with van der Waals surface area (Å²) in [7, 11) is 1.15. The van der Waals surface area contributed by atoms with Crippen molar-refractivity contribution in [1.29, 1.82) is 0 Å². The van der Waals surface area contributed by atoms with Gasteiger partial charge in [-0.05, 0) is 11.6 Å². The molecule has 0 radical (unpaired) electrons. The summed E-state index contributed by atoms with van der Waals surface area (Å²) in [5.41, 5.74) is 5.36. The van der Waals surface area contributed by atoms with Gasteiger partial charge in [0.2, 0.25) is 0 Å². The summed E-state index contributed by atoms with van der Waals surface area (Å²) >= 11 is 0. The third kappa shape index (κ3) is 2.46. The Balaban J connectivity index is 2.90. The Morgan fingerprint density at radius 1 is 1.56 bits per heavy atom. The van der Waals surface area contributed by atoms with Crippen molar-refractivity contribution in [3.05, 3.63) is 29.3 Å². The Bertz CT molecular complexity index is 409. The van der Waals surface area contributed by atoms with Crippen LogP contribution in [0.4, 0.5) is 8.78 Å². The average molecular weight is 231 g/mol. The van der Waals surface area contributed by atoms with Crippen LogP contribution >= 0.6 is 0 Å². The molecule has 0 saturated heterocycles. The zero-order valence-electron chi connectivity index (χ0n) is 8.54. The van der Waals surface area contributed by atoms with Crippen LogP contribution in [0.5, 0.6) is 5.75 Å². The van der Waals surface area contributed by atoms with E-state index >= 15 is 0 Å². The third-order valence-corrected chi connectivity index (χ3v) is 2.09. The van der Waals surface area contributed by atoms with Gasteiger partial charge in [0.05, 0.1) is 7.11 Å². The number of rotatable bonds is 3. The van der Waals surface area contributed by atoms with Crippen LogP contribution in [0.2, 0.25) is 0 Å². The molecule has 0 bridgehead atoms. The maximum absolute atomic E-state index is 13.3. The van der Waals surface area contributed by atoms with Crippen LogP contribution in [0.25, 0.3) is 0 Å². The number of nitrogens with two attached hydrogens (primary N) is 1. The molecule has 1 aromatic carbocycles. The minimum atomic E-state index is -1.11. The third-order valence-electron chi connectivity index (χ3n) is 2.09. The molecule has 0 amide bonds. The number of methoxy groups -OCH3 is 1. The monoisotopic (exact) mass is 231 g/mol. The predicted octanol–water partition coefficient (Wildman–Crippen LogP) is 0.713. The molecule has 0 aromatic heterocycles. The van der Waals surface area contributed by atoms with Crippen LogP contribution in [0.15, 0.2) is 12.1 Å². The number of esters is 1. The maximum atomic E-state index is 13.3. The molecule has 1 rings (SSSR count). The smallest absolute Gasteiger partial charge is 0.322 e. The Morgan fingerprint density at radius 2 is 2.19 bits per heavy atom. The van der Waals surface area contributed by atoms with Crippen molar-refractivity contribution in [1.82, 2.24) is 0 Å². The standard InChI is InChI=1S/C10H11F2NO3/c1-16-10(15)7(13)4-5-2-3-6(11)9(14)8(5)12/h2-3,7,14H,4,13H2,1H3. The SMILES string of the molecule is COC(=O)C(N)Cc1ccc(F)c(O)c1F. The lowest BCUT2D eigenvalue weighted by atomic mass is 10.1. The van der Waals surface area contributed by atoms with Gasteiger partial charge in [-0.25, -0.2) is 8.78 Å². The molecule has 1 unspecified atom stereocenters. The molecule has 0 aliphatic carbocycles. The number of hydrogen-bond acceptors (Lipinski definition) is 4. The summed E-state index contributed by atoms with van der Waals surface area (Å²) in [5.74, 6) is -3.95. The molecular weight excluding hydrogens is 220 g/mol. The minimum Gasteiger partial charge on any atom is -0.503 e. The second-order valence-electron chi connectivity index (χ2n) is 3.20. The van der Waals surface area contributed by atoms with E-state index < -0.39 is 29.4 Å². The van der Waals surface area contributed by atoms with Gasteiger partial charge >= 0.3 is 5.97 Å². The van der Waals surface area contributed by atoms with E-state index in [1.54, 1.807) is 0 Å². The number of carbonyl (C=O) groups excluding carboxylic acids is 1. The van der Waals surface area contributed by atoms with E-state index in [0.29, 0.717) is 0 Å². The maximum Gasteiger partial charge on any atom is 0.322 e. The van der Waals surface area contributed by atoms with Crippen molar-refractivity contribution in [3.63, 3.8) is 0 Å². The minimum absolute atomic E-state index is 0.0446. The molecule has 16 heavy (non-hydrogen) atoms. The lowest BCUT2D eigenvalue weighted by Crippen LogP contribution is -2.33. The van der Waals surface area contributed by atoms with Crippen LogP contribution < -0.4 is 5.73 Å². The van der Waals surface area contributed by atoms with Gasteiger partial charge in [-0.3, -0.25) is 4.79 Å². The topological polar surface area (TPSA) is 72.5 Å². The average Bonchev–Trinajstić information content (AvgIpc) is 2.28. The summed E-state index contributed by atoms with van der Waals surface area (Å²) < 4.78 is 30.4. The summed E-state index contributed by atoms with van der Waals surface area (Å²) in [6.07, 6.45) is -0.174. The van der Waals surface area contributed by atoms with Gasteiger partial charge in [0.25, 0.3) is 0 Å². The molecule has 1 aromatic rings. The zero-order valence-corrected chi connectivity index (χ0v) is 8.54. The van der Waals surface area contributed by atoms with Gasteiger partial charge in [-0.2, -0.15) is 0 Å². The van der Waals surface area contributed by atoms with Crippen LogP contribution in [0.1, 0.15) is 5.56 Å². The number of halogens is 2. The Hall–Kier alpha value is -1.69. The van der Waals surface area contributed by atoms with Crippen LogP contribution in [0.3, 0.4) is 0 Å². The highest BCUT2D eigenvalue weighted by Gasteiger charge is 2.19. The second-order valence-corrected chi connectivity index (χ2v) is 3.20. The van der Waals surface area contributed by atoms with Gasteiger partial charge in [-0.15, -0.1) is 0 Å². The molecule has 0 aliphatic rings. The van der Waals surface area contributed by atoms with Crippen LogP contribution in [0, 0.1) is 11.6 Å². The van der Waals surface area contributed by atoms with E-state index in [1.165, 1.54) is 0 Å². The van der Waals surface area contributed by atoms with E-state index in [2.05, 4.69) is 4.74 Å². The molecule has 88 valence electrons. The lowest BCUT2D eigenvalue weighted by molar-refractivity contribution is -0.142. The molecule has 3 N–H and O–H groups in total. The number of benzene rings is 1. The van der Waals surface area contributed by atoms with Gasteiger partial charge in [0, 0.05) is 6.42 Å². The van der Waals surface area contributed by atoms with E-state index in [0.717, 1.165) is 19.2 Å². The van der Waals surface area contributed by atoms with Gasteiger partial charge in [0.15, 0.2) is 17.4 Å². The first kappa shape index (κ1) is 12.4. The fraction of sp³-hybridized carbons (Fsp3) is 0.300. The molecule has 0 heterocycles. The van der Waals surface area contributed by atoms with Crippen molar-refractivity contribution < 1.29 is 23.4 Å². The van der Waals surface area contributed by atoms with Crippen LogP contribution in [-0.4, -0.2) is 24.2 Å². The summed E-state index contributed by atoms with van der Waals surface area (Å²) in [4.78, 5) is 11.0. The first-order valence-electron chi connectivity index (χ1n) is 4.46. The zero-order chi connectivity index (χ0) is 12.3. The van der Waals surface area contributed by atoms with Gasteiger partial charge in [-0.1, -0.05) is 6.07 Å². The Labute approximate surface area is 90.6 Å². The normalized spacial score (nSPS) is 12.2. The van der Waals surface area contributed by atoms with E-state index in [4.69, 9.17) is 10.8 Å². The number of ether oxygens (including phenoxy) is 1. The van der Waals surface area contributed by atoms with Crippen molar-refractivity contribution >= 4 is 5.97 Å². The summed E-state index contributed by atoms with van der Waals surface area (Å²) in [6.45, 7) is 0. The highest BCUT2D eigenvalue weighted by molar-refractivity contribution is 5.75. The summed E-state index contributed by atoms with van der Waals surface area (Å²) in [6, 6.07) is 0.967. The van der Waals surface area contributed by atoms with Gasteiger partial charge in [0.1, 0.15) is 6.04 Å². The van der Waals surface area contributed by atoms with Crippen molar-refractivity contribution in [2.45, 2.75) is 12.5 Å². The molecular formula is C10H11F2NO3. The highest BCUT2D eigenvalue weighted by Crippen LogP contribution is 2.23. The second kappa shape index (κ2) is 4.89. The molecule has 0 fully saturated rings. The quantitative estimate of drug-likeness (QED) is 0.751. The Morgan fingerprint density at radius 3 is 2.75 bits per heavy atom. The predicted molar refractivity (Wildman–Crippen MR) is 51.7 cm³/mol. The highest BCUT2D eigenvalue weighted by atomic mass is 19.1. The number of phenols is 1. The van der Waals surface area contributed by atoms with E-state index in [1.807, 2.05) is 0 Å². The van der Waals surface area contributed by atoms with E-state index in [9.17, 15) is 13.6 Å².